The van der Waals surface area contributed by atoms with Crippen LogP contribution in [0.2, 0.25) is 0 Å². The van der Waals surface area contributed by atoms with Gasteiger partial charge in [0.25, 0.3) is 0 Å². The lowest BCUT2D eigenvalue weighted by Gasteiger charge is -2.29. The molecule has 2 unspecified atom stereocenters. The molecule has 2 atom stereocenters. The molecule has 0 saturated heterocycles. The molecule has 1 aromatic heterocycles. The molecule has 0 spiro atoms. The Hall–Kier alpha value is -0.440. The number of nitrogens with zero attached hydrogens (tertiary/aromatic N) is 2. The van der Waals surface area contributed by atoms with E-state index in [2.05, 4.69) is 47.8 Å². The van der Waals surface area contributed by atoms with Crippen LogP contribution >= 0.6 is 35.7 Å². The van der Waals surface area contributed by atoms with Crippen molar-refractivity contribution in [2.45, 2.75) is 70.2 Å². The zero-order valence-corrected chi connectivity index (χ0v) is 18.3. The molecule has 1 fully saturated rings. The Morgan fingerprint density at radius 2 is 2.25 bits per heavy atom. The second-order valence-corrected chi connectivity index (χ2v) is 7.57. The summed E-state index contributed by atoms with van der Waals surface area (Å²) in [4.78, 5) is 4.66. The average Bonchev–Trinajstić information content (AvgIpc) is 3.02. The first-order valence-corrected chi connectivity index (χ1v) is 9.94. The number of hydrogen-bond donors (Lipinski definition) is 2. The van der Waals surface area contributed by atoms with E-state index in [0.717, 1.165) is 29.2 Å². The lowest BCUT2D eigenvalue weighted by atomic mass is 9.95. The van der Waals surface area contributed by atoms with Crippen LogP contribution in [0, 0.1) is 0 Å². The third kappa shape index (κ3) is 6.82. The van der Waals surface area contributed by atoms with Crippen molar-refractivity contribution < 1.29 is 4.52 Å². The van der Waals surface area contributed by atoms with Gasteiger partial charge in [-0.25, -0.2) is 4.99 Å². The molecule has 1 heterocycles. The molecule has 5 nitrogen and oxygen atoms in total. The quantitative estimate of drug-likeness (QED) is 0.375. The van der Waals surface area contributed by atoms with Gasteiger partial charge < -0.3 is 15.2 Å². The van der Waals surface area contributed by atoms with E-state index in [9.17, 15) is 0 Å². The molecule has 1 aliphatic rings. The molecule has 0 aromatic carbocycles. The first-order chi connectivity index (χ1) is 11.1. The van der Waals surface area contributed by atoms with Crippen LogP contribution in [-0.2, 0) is 6.54 Å². The van der Waals surface area contributed by atoms with Gasteiger partial charge in [-0.1, -0.05) is 25.4 Å². The van der Waals surface area contributed by atoms with Gasteiger partial charge in [0.05, 0.1) is 5.69 Å². The number of thioether (sulfide) groups is 1. The minimum absolute atomic E-state index is 0. The summed E-state index contributed by atoms with van der Waals surface area (Å²) in [5.41, 5.74) is 0.989. The summed E-state index contributed by atoms with van der Waals surface area (Å²) in [6.07, 6.45) is 7.28. The highest BCUT2D eigenvalue weighted by Gasteiger charge is 2.21. The fourth-order valence-electron chi connectivity index (χ4n) is 2.84. The molecule has 1 aliphatic carbocycles. The highest BCUT2D eigenvalue weighted by atomic mass is 127. The molecule has 0 bridgehead atoms. The van der Waals surface area contributed by atoms with Gasteiger partial charge in [0.1, 0.15) is 6.54 Å². The Balaban J connectivity index is 0.00000288. The van der Waals surface area contributed by atoms with Gasteiger partial charge in [-0.05, 0) is 38.4 Å². The average molecular weight is 466 g/mol. The smallest absolute Gasteiger partial charge is 0.191 e. The predicted octanol–water partition coefficient (Wildman–Crippen LogP) is 4.15. The molecule has 0 aliphatic heterocycles. The summed E-state index contributed by atoms with van der Waals surface area (Å²) >= 11 is 1.98. The fraction of sp³-hybridized carbons (Fsp3) is 0.765. The molecule has 2 N–H and O–H groups in total. The minimum Gasteiger partial charge on any atom is -0.359 e. The molecular weight excluding hydrogens is 435 g/mol. The van der Waals surface area contributed by atoms with Gasteiger partial charge in [0.15, 0.2) is 11.7 Å². The van der Waals surface area contributed by atoms with E-state index in [0.29, 0.717) is 18.5 Å². The Bertz CT molecular complexity index is 507. The monoisotopic (exact) mass is 466 g/mol. The summed E-state index contributed by atoms with van der Waals surface area (Å²) in [5, 5.41) is 11.8. The molecule has 2 rings (SSSR count). The Morgan fingerprint density at radius 3 is 2.88 bits per heavy atom. The first kappa shape index (κ1) is 21.6. The van der Waals surface area contributed by atoms with E-state index in [4.69, 9.17) is 4.52 Å². The number of aliphatic imine (C=N–C) groups is 1. The maximum Gasteiger partial charge on any atom is 0.191 e. The van der Waals surface area contributed by atoms with Crippen molar-refractivity contribution in [1.82, 2.24) is 15.8 Å². The van der Waals surface area contributed by atoms with Gasteiger partial charge >= 0.3 is 0 Å². The normalized spacial score (nSPS) is 21.5. The number of aromatic nitrogens is 1. The summed E-state index contributed by atoms with van der Waals surface area (Å²) < 4.78 is 5.36. The van der Waals surface area contributed by atoms with Crippen molar-refractivity contribution >= 4 is 41.7 Å². The van der Waals surface area contributed by atoms with Crippen molar-refractivity contribution in [3.8, 4) is 0 Å². The zero-order chi connectivity index (χ0) is 16.7. The van der Waals surface area contributed by atoms with Crippen LogP contribution in [0.15, 0.2) is 15.6 Å². The largest absolute Gasteiger partial charge is 0.359 e. The second kappa shape index (κ2) is 11.2. The SMILES string of the molecule is CCNC(=NCc1cc(C(C)C)no1)NC1CCCC(SC)C1.I. The first-order valence-electron chi connectivity index (χ1n) is 8.65. The van der Waals surface area contributed by atoms with E-state index in [-0.39, 0.29) is 24.0 Å². The van der Waals surface area contributed by atoms with Gasteiger partial charge in [-0.3, -0.25) is 0 Å². The Labute approximate surface area is 167 Å². The van der Waals surface area contributed by atoms with E-state index in [1.54, 1.807) is 0 Å². The van der Waals surface area contributed by atoms with Crippen molar-refractivity contribution in [3.05, 3.63) is 17.5 Å². The summed E-state index contributed by atoms with van der Waals surface area (Å²) in [5.74, 6) is 2.08. The van der Waals surface area contributed by atoms with E-state index in [1.165, 1.54) is 25.7 Å². The third-order valence-electron chi connectivity index (χ3n) is 4.21. The lowest BCUT2D eigenvalue weighted by Crippen LogP contribution is -2.45. The van der Waals surface area contributed by atoms with Crippen LogP contribution in [0.1, 0.15) is 63.8 Å². The minimum atomic E-state index is 0. The van der Waals surface area contributed by atoms with Crippen molar-refractivity contribution in [3.63, 3.8) is 0 Å². The van der Waals surface area contributed by atoms with Crippen LogP contribution in [0.5, 0.6) is 0 Å². The number of nitrogens with one attached hydrogen (secondary N) is 2. The lowest BCUT2D eigenvalue weighted by molar-refractivity contribution is 0.376. The summed E-state index contributed by atoms with van der Waals surface area (Å²) in [6.45, 7) is 7.70. The third-order valence-corrected chi connectivity index (χ3v) is 5.30. The van der Waals surface area contributed by atoms with E-state index in [1.807, 2.05) is 17.8 Å². The standard InChI is InChI=1S/C17H30N4OS.HI/c1-5-18-17(20-13-7-6-8-15(9-13)23-4)19-11-14-10-16(12(2)3)21-22-14;/h10,12-13,15H,5-9,11H2,1-4H3,(H2,18,19,20);1H. The molecule has 1 aromatic rings. The van der Waals surface area contributed by atoms with Crippen LogP contribution in [0.4, 0.5) is 0 Å². The molecule has 1 saturated carbocycles. The fourth-order valence-corrected chi connectivity index (χ4v) is 3.66. The highest BCUT2D eigenvalue weighted by molar-refractivity contribution is 14.0. The van der Waals surface area contributed by atoms with Gasteiger partial charge in [0.2, 0.25) is 0 Å². The Kier molecular flexibility index (Phi) is 10.1. The maximum absolute atomic E-state index is 5.36. The summed E-state index contributed by atoms with van der Waals surface area (Å²) in [6, 6.07) is 2.52. The van der Waals surface area contributed by atoms with E-state index < -0.39 is 0 Å². The number of guanidine groups is 1. The van der Waals surface area contributed by atoms with Crippen LogP contribution < -0.4 is 10.6 Å². The topological polar surface area (TPSA) is 62.5 Å². The molecule has 0 radical (unpaired) electrons. The summed E-state index contributed by atoms with van der Waals surface area (Å²) in [7, 11) is 0. The van der Waals surface area contributed by atoms with Crippen LogP contribution in [-0.4, -0.2) is 35.2 Å². The van der Waals surface area contributed by atoms with Crippen molar-refractivity contribution in [2.24, 2.45) is 4.99 Å². The molecular formula is C17H31IN4OS. The molecule has 138 valence electrons. The molecule has 24 heavy (non-hydrogen) atoms. The van der Waals surface area contributed by atoms with Crippen LogP contribution in [0.25, 0.3) is 0 Å². The number of hydrogen-bond acceptors (Lipinski definition) is 4. The number of halogens is 1. The van der Waals surface area contributed by atoms with Gasteiger partial charge in [-0.2, -0.15) is 11.8 Å². The highest BCUT2D eigenvalue weighted by Crippen LogP contribution is 2.26. The molecule has 0 amide bonds. The number of rotatable bonds is 6. The molecule has 7 heteroatoms. The van der Waals surface area contributed by atoms with Gasteiger partial charge in [-0.15, -0.1) is 24.0 Å². The zero-order valence-electron chi connectivity index (χ0n) is 15.2. The van der Waals surface area contributed by atoms with E-state index >= 15 is 0 Å². The predicted molar refractivity (Wildman–Crippen MR) is 114 cm³/mol. The van der Waals surface area contributed by atoms with Crippen molar-refractivity contribution in [1.29, 1.82) is 0 Å². The van der Waals surface area contributed by atoms with Crippen LogP contribution in [0.3, 0.4) is 0 Å². The second-order valence-electron chi connectivity index (χ2n) is 6.43. The Morgan fingerprint density at radius 1 is 1.46 bits per heavy atom. The van der Waals surface area contributed by atoms with Gasteiger partial charge in [0, 0.05) is 23.9 Å². The van der Waals surface area contributed by atoms with Crippen molar-refractivity contribution in [2.75, 3.05) is 12.8 Å². The maximum atomic E-state index is 5.36.